The molecule has 1 atom stereocenters. The van der Waals surface area contributed by atoms with E-state index in [1.165, 1.54) is 17.5 Å². The zero-order chi connectivity index (χ0) is 24.8. The van der Waals surface area contributed by atoms with Crippen molar-refractivity contribution < 1.29 is 9.59 Å². The van der Waals surface area contributed by atoms with E-state index < -0.39 is 11.6 Å². The lowest BCUT2D eigenvalue weighted by Crippen LogP contribution is -2.72. The van der Waals surface area contributed by atoms with Gasteiger partial charge in [0.1, 0.15) is 11.6 Å². The minimum atomic E-state index is -0.740. The average molecular weight is 476 g/mol. The van der Waals surface area contributed by atoms with Crippen molar-refractivity contribution in [1.82, 2.24) is 15.1 Å². The molecule has 2 aliphatic rings. The van der Waals surface area contributed by atoms with Crippen molar-refractivity contribution in [2.75, 3.05) is 19.6 Å². The van der Waals surface area contributed by atoms with Crippen molar-refractivity contribution in [2.24, 2.45) is 5.92 Å². The van der Waals surface area contributed by atoms with Crippen molar-refractivity contribution in [3.8, 4) is 0 Å². The molecule has 0 bridgehead atoms. The predicted molar refractivity (Wildman–Crippen MR) is 141 cm³/mol. The quantitative estimate of drug-likeness (QED) is 0.534. The van der Waals surface area contributed by atoms with Crippen LogP contribution < -0.4 is 5.32 Å². The molecule has 5 heteroatoms. The summed E-state index contributed by atoms with van der Waals surface area (Å²) in [5.74, 6) is 0.464. The third-order valence-corrected chi connectivity index (χ3v) is 7.69. The molecule has 0 aliphatic carbocycles. The monoisotopic (exact) mass is 475 g/mol. The molecular formula is C30H41N3O2. The van der Waals surface area contributed by atoms with Crippen molar-refractivity contribution in [3.05, 3.63) is 71.3 Å². The molecule has 0 aromatic heterocycles. The van der Waals surface area contributed by atoms with Crippen molar-refractivity contribution in [3.63, 3.8) is 0 Å². The fourth-order valence-corrected chi connectivity index (χ4v) is 5.57. The van der Waals surface area contributed by atoms with Gasteiger partial charge in [-0.25, -0.2) is 0 Å². The number of piperidine rings is 1. The first kappa shape index (κ1) is 25.4. The Morgan fingerprint density at radius 2 is 1.63 bits per heavy atom. The normalized spacial score (nSPS) is 20.5. The summed E-state index contributed by atoms with van der Waals surface area (Å²) in [4.78, 5) is 31.6. The van der Waals surface area contributed by atoms with Crippen LogP contribution in [0.3, 0.4) is 0 Å². The van der Waals surface area contributed by atoms with Gasteiger partial charge in [-0.2, -0.15) is 0 Å². The van der Waals surface area contributed by atoms with Gasteiger partial charge in [0.15, 0.2) is 0 Å². The lowest BCUT2D eigenvalue weighted by molar-refractivity contribution is -0.162. The van der Waals surface area contributed by atoms with Crippen LogP contribution in [-0.2, 0) is 22.6 Å². The third-order valence-electron chi connectivity index (χ3n) is 7.69. The highest BCUT2D eigenvalue weighted by Crippen LogP contribution is 2.35. The topological polar surface area (TPSA) is 52.7 Å². The van der Waals surface area contributed by atoms with Crippen molar-refractivity contribution in [2.45, 2.75) is 77.4 Å². The molecule has 2 amide bonds. The number of piperazine rings is 1. The van der Waals surface area contributed by atoms with Crippen molar-refractivity contribution >= 4 is 11.8 Å². The molecule has 35 heavy (non-hydrogen) atoms. The number of rotatable bonds is 9. The number of benzene rings is 2. The van der Waals surface area contributed by atoms with Gasteiger partial charge in [0, 0.05) is 19.6 Å². The standard InChI is InChI=1S/C30H41N3O2/c1-23(2)21-27-28(34)33(22-26-14-12-24(3)13-15-26)30(29(35)31-27)16-19-32(20-17-30)18-8-7-11-25-9-5-4-6-10-25/h4-6,9-10,12-15,23,27H,7-8,11,16-22H2,1-3H3,(H,31,35)/t27-/m0/s1. The second kappa shape index (κ2) is 11.4. The molecular weight excluding hydrogens is 434 g/mol. The van der Waals surface area contributed by atoms with E-state index in [1.54, 1.807) is 0 Å². The lowest BCUT2D eigenvalue weighted by Gasteiger charge is -2.52. The van der Waals surface area contributed by atoms with E-state index >= 15 is 0 Å². The fraction of sp³-hybridized carbons (Fsp3) is 0.533. The number of carbonyl (C=O) groups is 2. The molecule has 2 aromatic carbocycles. The van der Waals surface area contributed by atoms with Gasteiger partial charge in [0.05, 0.1) is 0 Å². The number of nitrogens with zero attached hydrogens (tertiary/aromatic N) is 2. The van der Waals surface area contributed by atoms with Crippen LogP contribution in [0.4, 0.5) is 0 Å². The van der Waals surface area contributed by atoms with Gasteiger partial charge in [-0.3, -0.25) is 9.59 Å². The van der Waals surface area contributed by atoms with Crippen LogP contribution in [-0.4, -0.2) is 52.8 Å². The summed E-state index contributed by atoms with van der Waals surface area (Å²) in [7, 11) is 0. The number of amides is 2. The first-order chi connectivity index (χ1) is 16.9. The van der Waals surface area contributed by atoms with Gasteiger partial charge < -0.3 is 15.1 Å². The van der Waals surface area contributed by atoms with Crippen LogP contribution in [0.5, 0.6) is 0 Å². The number of unbranched alkanes of at least 4 members (excludes halogenated alkanes) is 1. The van der Waals surface area contributed by atoms with Gasteiger partial charge in [0.25, 0.3) is 0 Å². The van der Waals surface area contributed by atoms with Gasteiger partial charge >= 0.3 is 0 Å². The van der Waals surface area contributed by atoms with E-state index in [1.807, 2.05) is 4.90 Å². The average Bonchev–Trinajstić information content (AvgIpc) is 2.85. The second-order valence-corrected chi connectivity index (χ2v) is 10.9. The number of hydrogen-bond acceptors (Lipinski definition) is 3. The summed E-state index contributed by atoms with van der Waals surface area (Å²) >= 11 is 0. The first-order valence-corrected chi connectivity index (χ1v) is 13.3. The molecule has 0 radical (unpaired) electrons. The van der Waals surface area contributed by atoms with Gasteiger partial charge in [-0.15, -0.1) is 0 Å². The summed E-state index contributed by atoms with van der Waals surface area (Å²) in [5.41, 5.74) is 2.94. The van der Waals surface area contributed by atoms with Crippen LogP contribution in [0, 0.1) is 12.8 Å². The van der Waals surface area contributed by atoms with Crippen LogP contribution in [0.2, 0.25) is 0 Å². The van der Waals surface area contributed by atoms with E-state index in [0.717, 1.165) is 38.0 Å². The van der Waals surface area contributed by atoms with E-state index in [9.17, 15) is 9.59 Å². The highest BCUT2D eigenvalue weighted by molar-refractivity contribution is 6.00. The number of hydrogen-bond donors (Lipinski definition) is 1. The summed E-state index contributed by atoms with van der Waals surface area (Å²) in [5, 5.41) is 3.12. The first-order valence-electron chi connectivity index (χ1n) is 13.3. The fourth-order valence-electron chi connectivity index (χ4n) is 5.57. The molecule has 2 fully saturated rings. The molecule has 5 nitrogen and oxygen atoms in total. The van der Waals surface area contributed by atoms with Crippen molar-refractivity contribution in [1.29, 1.82) is 0 Å². The molecule has 1 spiro atoms. The Hall–Kier alpha value is -2.66. The Labute approximate surface area is 210 Å². The van der Waals surface area contributed by atoms with E-state index in [0.29, 0.717) is 31.7 Å². The maximum atomic E-state index is 13.7. The molecule has 2 saturated heterocycles. The lowest BCUT2D eigenvalue weighted by atomic mass is 9.80. The molecule has 0 unspecified atom stereocenters. The molecule has 1 N–H and O–H groups in total. The van der Waals surface area contributed by atoms with E-state index in [4.69, 9.17) is 0 Å². The molecule has 4 rings (SSSR count). The minimum Gasteiger partial charge on any atom is -0.342 e. The summed E-state index contributed by atoms with van der Waals surface area (Å²) in [6.07, 6.45) is 5.50. The number of likely N-dealkylation sites (tertiary alicyclic amines) is 1. The summed E-state index contributed by atoms with van der Waals surface area (Å²) in [6, 6.07) is 18.6. The van der Waals surface area contributed by atoms with E-state index in [-0.39, 0.29) is 11.8 Å². The molecule has 2 heterocycles. The summed E-state index contributed by atoms with van der Waals surface area (Å²) in [6.45, 7) is 9.52. The SMILES string of the molecule is Cc1ccc(CN2C(=O)[C@H](CC(C)C)NC(=O)C23CCN(CCCCc2ccccc2)CC3)cc1. The number of carbonyl (C=O) groups excluding carboxylic acids is 2. The van der Waals surface area contributed by atoms with Gasteiger partial charge in [-0.05, 0) is 69.0 Å². The van der Waals surface area contributed by atoms with Crippen LogP contribution >= 0.6 is 0 Å². The second-order valence-electron chi connectivity index (χ2n) is 10.9. The number of aryl methyl sites for hydroxylation is 2. The van der Waals surface area contributed by atoms with Crippen LogP contribution in [0.1, 0.15) is 62.6 Å². The highest BCUT2D eigenvalue weighted by Gasteiger charge is 2.53. The largest absolute Gasteiger partial charge is 0.342 e. The number of nitrogens with one attached hydrogen (secondary N) is 1. The molecule has 0 saturated carbocycles. The Morgan fingerprint density at radius 3 is 2.29 bits per heavy atom. The van der Waals surface area contributed by atoms with Crippen LogP contribution in [0.15, 0.2) is 54.6 Å². The maximum absolute atomic E-state index is 13.7. The Morgan fingerprint density at radius 1 is 0.943 bits per heavy atom. The zero-order valence-electron chi connectivity index (χ0n) is 21.6. The Kier molecular flexibility index (Phi) is 8.27. The Balaban J connectivity index is 1.41. The zero-order valence-corrected chi connectivity index (χ0v) is 21.6. The van der Waals surface area contributed by atoms with Gasteiger partial charge in [-0.1, -0.05) is 74.0 Å². The highest BCUT2D eigenvalue weighted by atomic mass is 16.2. The third kappa shape index (κ3) is 6.13. The minimum absolute atomic E-state index is 0.0404. The molecule has 2 aromatic rings. The maximum Gasteiger partial charge on any atom is 0.246 e. The predicted octanol–water partition coefficient (Wildman–Crippen LogP) is 4.73. The smallest absolute Gasteiger partial charge is 0.246 e. The van der Waals surface area contributed by atoms with E-state index in [2.05, 4.69) is 85.6 Å². The van der Waals surface area contributed by atoms with Gasteiger partial charge in [0.2, 0.25) is 11.8 Å². The molecule has 188 valence electrons. The Bertz CT molecular complexity index is 978. The van der Waals surface area contributed by atoms with Crippen LogP contribution in [0.25, 0.3) is 0 Å². The molecule has 2 aliphatic heterocycles. The summed E-state index contributed by atoms with van der Waals surface area (Å²) < 4.78 is 0.